The minimum Gasteiger partial charge on any atom is -0.373 e. The molecule has 1 N–H and O–H groups in total. The predicted molar refractivity (Wildman–Crippen MR) is 54.4 cm³/mol. The maximum Gasteiger partial charge on any atom is 0.238 e. The molecule has 0 aromatic heterocycles. The Hall–Kier alpha value is -0.280. The van der Waals surface area contributed by atoms with E-state index in [0.717, 1.165) is 19.3 Å². The summed E-state index contributed by atoms with van der Waals surface area (Å²) in [7, 11) is 0. The van der Waals surface area contributed by atoms with Crippen molar-refractivity contribution in [2.75, 3.05) is 6.61 Å². The van der Waals surface area contributed by atoms with Gasteiger partial charge in [0, 0.05) is 0 Å². The lowest BCUT2D eigenvalue weighted by Gasteiger charge is -2.37. The molecular weight excluding hydrogens is 202 g/mol. The Kier molecular flexibility index (Phi) is 2.71. The molecule has 3 nitrogen and oxygen atoms in total. The normalized spacial score (nSPS) is 31.1. The summed E-state index contributed by atoms with van der Waals surface area (Å²) in [6.07, 6.45) is 4.51. The van der Waals surface area contributed by atoms with E-state index >= 15 is 0 Å². The van der Waals surface area contributed by atoms with Gasteiger partial charge in [0.1, 0.15) is 5.38 Å². The van der Waals surface area contributed by atoms with E-state index in [9.17, 15) is 4.79 Å². The smallest absolute Gasteiger partial charge is 0.238 e. The third-order valence-electron chi connectivity index (χ3n) is 3.18. The lowest BCUT2D eigenvalue weighted by molar-refractivity contribution is -0.121. The second kappa shape index (κ2) is 3.70. The third-order valence-corrected chi connectivity index (χ3v) is 3.38. The average Bonchev–Trinajstić information content (AvgIpc) is 2.47. The Morgan fingerprint density at radius 1 is 1.64 bits per heavy atom. The number of amides is 1. The van der Waals surface area contributed by atoms with Gasteiger partial charge in [-0.1, -0.05) is 0 Å². The number of ether oxygens (including phenoxy) is 1. The van der Waals surface area contributed by atoms with Crippen LogP contribution in [0.1, 0.15) is 32.6 Å². The Morgan fingerprint density at radius 3 is 2.79 bits per heavy atom. The van der Waals surface area contributed by atoms with Crippen LogP contribution in [-0.2, 0) is 9.53 Å². The van der Waals surface area contributed by atoms with Crippen molar-refractivity contribution in [2.24, 2.45) is 0 Å². The van der Waals surface area contributed by atoms with E-state index in [1.165, 1.54) is 6.42 Å². The number of carbonyl (C=O) groups excluding carboxylic acids is 1. The first-order valence-corrected chi connectivity index (χ1v) is 5.63. The van der Waals surface area contributed by atoms with Crippen LogP contribution in [0.2, 0.25) is 0 Å². The zero-order valence-corrected chi connectivity index (χ0v) is 9.14. The Labute approximate surface area is 89.1 Å². The second-order valence-corrected chi connectivity index (χ2v) is 5.03. The summed E-state index contributed by atoms with van der Waals surface area (Å²) in [5, 5.41) is 2.45. The van der Waals surface area contributed by atoms with Crippen LogP contribution >= 0.6 is 11.6 Å². The number of hydrogen-bond acceptors (Lipinski definition) is 2. The fourth-order valence-corrected chi connectivity index (χ4v) is 2.24. The molecule has 1 saturated carbocycles. The molecule has 2 aliphatic rings. The molecule has 1 heterocycles. The van der Waals surface area contributed by atoms with Crippen LogP contribution in [0.4, 0.5) is 0 Å². The highest BCUT2D eigenvalue weighted by atomic mass is 35.5. The van der Waals surface area contributed by atoms with Crippen LogP contribution in [0.3, 0.4) is 0 Å². The summed E-state index contributed by atoms with van der Waals surface area (Å²) in [6, 6.07) is 0.170. The molecule has 1 aliphatic carbocycles. The molecule has 0 aromatic rings. The minimum atomic E-state index is -0.451. The summed E-state index contributed by atoms with van der Waals surface area (Å²) in [4.78, 5) is 11.3. The van der Waals surface area contributed by atoms with Crippen LogP contribution in [-0.4, -0.2) is 29.5 Å². The number of alkyl halides is 1. The molecule has 1 aliphatic heterocycles. The maximum absolute atomic E-state index is 11.3. The number of halogens is 1. The van der Waals surface area contributed by atoms with Gasteiger partial charge in [-0.3, -0.25) is 4.79 Å². The van der Waals surface area contributed by atoms with E-state index in [2.05, 4.69) is 5.32 Å². The summed E-state index contributed by atoms with van der Waals surface area (Å²) in [6.45, 7) is 2.33. The number of rotatable bonds is 2. The van der Waals surface area contributed by atoms with Crippen molar-refractivity contribution in [1.82, 2.24) is 5.32 Å². The van der Waals surface area contributed by atoms with Gasteiger partial charge in [0.2, 0.25) is 5.91 Å². The highest BCUT2D eigenvalue weighted by Gasteiger charge is 2.45. The number of carbonyl (C=O) groups is 1. The van der Waals surface area contributed by atoms with Gasteiger partial charge in [0.05, 0.1) is 18.2 Å². The summed E-state index contributed by atoms with van der Waals surface area (Å²) < 4.78 is 5.71. The van der Waals surface area contributed by atoms with E-state index in [0.29, 0.717) is 6.61 Å². The molecule has 1 amide bonds. The van der Waals surface area contributed by atoms with Crippen molar-refractivity contribution in [3.63, 3.8) is 0 Å². The van der Waals surface area contributed by atoms with Gasteiger partial charge in [0.15, 0.2) is 0 Å². The molecule has 0 bridgehead atoms. The standard InChI is InChI=1S/C10H16ClNO2/c1-7(11)9(13)12-8-5-10(14-6-8)3-2-4-10/h7-8H,2-6H2,1H3,(H,12,13). The number of nitrogens with one attached hydrogen (secondary N) is 1. The Balaban J connectivity index is 1.81. The quantitative estimate of drug-likeness (QED) is 0.711. The summed E-state index contributed by atoms with van der Waals surface area (Å²) in [5.74, 6) is -0.0864. The van der Waals surface area contributed by atoms with Crippen molar-refractivity contribution < 1.29 is 9.53 Å². The van der Waals surface area contributed by atoms with Crippen LogP contribution in [0.15, 0.2) is 0 Å². The van der Waals surface area contributed by atoms with Crippen LogP contribution in [0.25, 0.3) is 0 Å². The van der Waals surface area contributed by atoms with E-state index < -0.39 is 5.38 Å². The van der Waals surface area contributed by atoms with Crippen LogP contribution < -0.4 is 5.32 Å². The van der Waals surface area contributed by atoms with E-state index in [1.54, 1.807) is 6.92 Å². The molecule has 2 unspecified atom stereocenters. The monoisotopic (exact) mass is 217 g/mol. The average molecular weight is 218 g/mol. The van der Waals surface area contributed by atoms with E-state index in [1.807, 2.05) is 0 Å². The van der Waals surface area contributed by atoms with Crippen LogP contribution in [0.5, 0.6) is 0 Å². The Morgan fingerprint density at radius 2 is 2.36 bits per heavy atom. The molecule has 2 fully saturated rings. The highest BCUT2D eigenvalue weighted by molar-refractivity contribution is 6.30. The van der Waals surface area contributed by atoms with Gasteiger partial charge >= 0.3 is 0 Å². The molecule has 4 heteroatoms. The molecule has 0 aromatic carbocycles. The van der Waals surface area contributed by atoms with Crippen molar-refractivity contribution in [3.8, 4) is 0 Å². The molecular formula is C10H16ClNO2. The SMILES string of the molecule is CC(Cl)C(=O)NC1COC2(CCC2)C1. The molecule has 1 spiro atoms. The molecule has 2 rings (SSSR count). The first-order chi connectivity index (χ1) is 6.61. The van der Waals surface area contributed by atoms with Gasteiger partial charge in [0.25, 0.3) is 0 Å². The lowest BCUT2D eigenvalue weighted by atomic mass is 9.77. The third kappa shape index (κ3) is 1.89. The topological polar surface area (TPSA) is 38.3 Å². The maximum atomic E-state index is 11.3. The van der Waals surface area contributed by atoms with Crippen molar-refractivity contribution in [2.45, 2.75) is 49.6 Å². The van der Waals surface area contributed by atoms with E-state index in [-0.39, 0.29) is 17.6 Å². The zero-order chi connectivity index (χ0) is 10.2. The van der Waals surface area contributed by atoms with Crippen molar-refractivity contribution in [1.29, 1.82) is 0 Å². The van der Waals surface area contributed by atoms with Gasteiger partial charge in [-0.2, -0.15) is 0 Å². The lowest BCUT2D eigenvalue weighted by Crippen LogP contribution is -2.41. The predicted octanol–water partition coefficient (Wildman–Crippen LogP) is 1.44. The summed E-state index contributed by atoms with van der Waals surface area (Å²) >= 11 is 5.67. The van der Waals surface area contributed by atoms with Crippen molar-refractivity contribution in [3.05, 3.63) is 0 Å². The minimum absolute atomic E-state index is 0.0864. The van der Waals surface area contributed by atoms with Crippen LogP contribution in [0, 0.1) is 0 Å². The fourth-order valence-electron chi connectivity index (χ4n) is 2.17. The largest absolute Gasteiger partial charge is 0.373 e. The first-order valence-electron chi connectivity index (χ1n) is 5.20. The van der Waals surface area contributed by atoms with Gasteiger partial charge < -0.3 is 10.1 Å². The second-order valence-electron chi connectivity index (χ2n) is 4.37. The Bertz CT molecular complexity index is 238. The van der Waals surface area contributed by atoms with Gasteiger partial charge in [-0.15, -0.1) is 11.6 Å². The van der Waals surface area contributed by atoms with Gasteiger partial charge in [-0.25, -0.2) is 0 Å². The van der Waals surface area contributed by atoms with Gasteiger partial charge in [-0.05, 0) is 32.6 Å². The molecule has 2 atom stereocenters. The molecule has 0 radical (unpaired) electrons. The van der Waals surface area contributed by atoms with Crippen molar-refractivity contribution >= 4 is 17.5 Å². The highest BCUT2D eigenvalue weighted by Crippen LogP contribution is 2.43. The molecule has 80 valence electrons. The first kappa shape index (κ1) is 10.2. The zero-order valence-electron chi connectivity index (χ0n) is 8.38. The summed E-state index contributed by atoms with van der Waals surface area (Å²) in [5.41, 5.74) is 0.105. The molecule has 14 heavy (non-hydrogen) atoms. The number of hydrogen-bond donors (Lipinski definition) is 1. The fraction of sp³-hybridized carbons (Fsp3) is 0.900. The van der Waals surface area contributed by atoms with E-state index in [4.69, 9.17) is 16.3 Å². The molecule has 1 saturated heterocycles.